The van der Waals surface area contributed by atoms with E-state index in [4.69, 9.17) is 4.42 Å². The summed E-state index contributed by atoms with van der Waals surface area (Å²) in [5.41, 5.74) is 2.94. The molecule has 1 fully saturated rings. The molecule has 0 saturated carbocycles. The highest BCUT2D eigenvalue weighted by Crippen LogP contribution is 2.30. The SMILES string of the molecule is O=C(Nc1cnn(-c2ccc(C(=O)N3CCC(c4ccccc4F)C3)cc2)c1)c1ccoc1. The minimum Gasteiger partial charge on any atom is -0.472 e. The number of amides is 2. The van der Waals surface area contributed by atoms with Gasteiger partial charge in [0.25, 0.3) is 11.8 Å². The maximum absolute atomic E-state index is 14.1. The lowest BCUT2D eigenvalue weighted by molar-refractivity contribution is 0.0790. The second-order valence-corrected chi connectivity index (χ2v) is 7.94. The van der Waals surface area contributed by atoms with Gasteiger partial charge in [0.15, 0.2) is 0 Å². The van der Waals surface area contributed by atoms with E-state index in [1.807, 2.05) is 6.07 Å². The predicted molar refractivity (Wildman–Crippen MR) is 120 cm³/mol. The third-order valence-electron chi connectivity index (χ3n) is 5.82. The van der Waals surface area contributed by atoms with Crippen LogP contribution in [-0.2, 0) is 0 Å². The highest BCUT2D eigenvalue weighted by molar-refractivity contribution is 6.03. The van der Waals surface area contributed by atoms with E-state index in [0.29, 0.717) is 35.5 Å². The van der Waals surface area contributed by atoms with Crippen LogP contribution in [-0.4, -0.2) is 39.6 Å². The van der Waals surface area contributed by atoms with E-state index in [2.05, 4.69) is 10.4 Å². The van der Waals surface area contributed by atoms with Crippen LogP contribution in [0.25, 0.3) is 5.69 Å². The molecule has 0 radical (unpaired) electrons. The smallest absolute Gasteiger partial charge is 0.259 e. The van der Waals surface area contributed by atoms with Gasteiger partial charge in [0.1, 0.15) is 12.1 Å². The van der Waals surface area contributed by atoms with Gasteiger partial charge >= 0.3 is 0 Å². The van der Waals surface area contributed by atoms with Crippen molar-refractivity contribution in [2.75, 3.05) is 18.4 Å². The van der Waals surface area contributed by atoms with Crippen LogP contribution in [0.1, 0.15) is 38.6 Å². The molecule has 2 aromatic heterocycles. The van der Waals surface area contributed by atoms with Crippen molar-refractivity contribution >= 4 is 17.5 Å². The molecule has 1 saturated heterocycles. The molecular formula is C25H21FN4O3. The first kappa shape index (κ1) is 20.7. The van der Waals surface area contributed by atoms with Gasteiger partial charge in [0.05, 0.1) is 35.6 Å². The molecular weight excluding hydrogens is 423 g/mol. The Kier molecular flexibility index (Phi) is 5.48. The van der Waals surface area contributed by atoms with Gasteiger partial charge in [-0.3, -0.25) is 9.59 Å². The van der Waals surface area contributed by atoms with Crippen molar-refractivity contribution in [2.24, 2.45) is 0 Å². The minimum atomic E-state index is -0.288. The van der Waals surface area contributed by atoms with Crippen molar-refractivity contribution in [3.05, 3.63) is 102 Å². The molecule has 1 aliphatic rings. The summed E-state index contributed by atoms with van der Waals surface area (Å²) in [6.07, 6.45) is 6.78. The topological polar surface area (TPSA) is 80.4 Å². The van der Waals surface area contributed by atoms with E-state index in [-0.39, 0.29) is 23.5 Å². The summed E-state index contributed by atoms with van der Waals surface area (Å²) in [7, 11) is 0. The number of benzene rings is 2. The highest BCUT2D eigenvalue weighted by atomic mass is 19.1. The number of furan rings is 1. The number of carbonyl (C=O) groups excluding carboxylic acids is 2. The van der Waals surface area contributed by atoms with Gasteiger partial charge in [-0.25, -0.2) is 9.07 Å². The number of carbonyl (C=O) groups is 2. The quantitative estimate of drug-likeness (QED) is 0.492. The molecule has 0 spiro atoms. The molecule has 8 heteroatoms. The van der Waals surface area contributed by atoms with Crippen LogP contribution in [0.5, 0.6) is 0 Å². The number of likely N-dealkylation sites (tertiary alicyclic amines) is 1. The molecule has 0 aliphatic carbocycles. The second-order valence-electron chi connectivity index (χ2n) is 7.94. The van der Waals surface area contributed by atoms with Crippen LogP contribution in [0.15, 0.2) is 83.9 Å². The standard InChI is InChI=1S/C25H21FN4O3/c26-23-4-2-1-3-22(23)18-9-11-29(14-18)25(32)17-5-7-21(8-6-17)30-15-20(13-27-30)28-24(31)19-10-12-33-16-19/h1-8,10,12-13,15-16,18H,9,11,14H2,(H,28,31). The number of aromatic nitrogens is 2. The Balaban J connectivity index is 1.24. The fraction of sp³-hybridized carbons (Fsp3) is 0.160. The predicted octanol–water partition coefficient (Wildman–Crippen LogP) is 4.49. The summed E-state index contributed by atoms with van der Waals surface area (Å²) < 4.78 is 20.6. The van der Waals surface area contributed by atoms with Gasteiger partial charge in [0, 0.05) is 24.6 Å². The Morgan fingerprint density at radius 3 is 2.64 bits per heavy atom. The zero-order valence-corrected chi connectivity index (χ0v) is 17.6. The fourth-order valence-corrected chi connectivity index (χ4v) is 4.07. The van der Waals surface area contributed by atoms with Crippen molar-refractivity contribution in [3.8, 4) is 5.69 Å². The van der Waals surface area contributed by atoms with Gasteiger partial charge in [0.2, 0.25) is 0 Å². The van der Waals surface area contributed by atoms with Crippen molar-refractivity contribution in [3.63, 3.8) is 0 Å². The summed E-state index contributed by atoms with van der Waals surface area (Å²) in [6.45, 7) is 1.10. The van der Waals surface area contributed by atoms with Crippen LogP contribution in [0.2, 0.25) is 0 Å². The van der Waals surface area contributed by atoms with Crippen molar-refractivity contribution < 1.29 is 18.4 Å². The molecule has 33 heavy (non-hydrogen) atoms. The van der Waals surface area contributed by atoms with E-state index < -0.39 is 0 Å². The van der Waals surface area contributed by atoms with Crippen molar-refractivity contribution in [1.29, 1.82) is 0 Å². The van der Waals surface area contributed by atoms with Gasteiger partial charge in [-0.1, -0.05) is 18.2 Å². The molecule has 1 atom stereocenters. The number of hydrogen-bond donors (Lipinski definition) is 1. The lowest BCUT2D eigenvalue weighted by atomic mass is 9.98. The minimum absolute atomic E-state index is 0.00850. The second kappa shape index (κ2) is 8.74. The summed E-state index contributed by atoms with van der Waals surface area (Å²) in [4.78, 5) is 26.8. The molecule has 5 rings (SSSR count). The lowest BCUT2D eigenvalue weighted by Gasteiger charge is -2.17. The van der Waals surface area contributed by atoms with Crippen molar-refractivity contribution in [1.82, 2.24) is 14.7 Å². The molecule has 3 heterocycles. The van der Waals surface area contributed by atoms with Crippen LogP contribution in [0, 0.1) is 5.82 Å². The molecule has 1 aliphatic heterocycles. The molecule has 1 unspecified atom stereocenters. The average molecular weight is 444 g/mol. The Labute approximate surface area is 189 Å². The van der Waals surface area contributed by atoms with E-state index in [9.17, 15) is 14.0 Å². The molecule has 2 amide bonds. The molecule has 0 bridgehead atoms. The van der Waals surface area contributed by atoms with E-state index in [1.54, 1.807) is 64.4 Å². The Hall–Kier alpha value is -4.20. The van der Waals surface area contributed by atoms with Gasteiger partial charge in [-0.15, -0.1) is 0 Å². The number of nitrogens with zero attached hydrogens (tertiary/aromatic N) is 3. The number of rotatable bonds is 5. The molecule has 7 nitrogen and oxygen atoms in total. The average Bonchev–Trinajstić information content (AvgIpc) is 3.61. The fourth-order valence-electron chi connectivity index (χ4n) is 4.07. The van der Waals surface area contributed by atoms with Crippen LogP contribution >= 0.6 is 0 Å². The summed E-state index contributed by atoms with van der Waals surface area (Å²) >= 11 is 0. The normalized spacial score (nSPS) is 15.5. The maximum Gasteiger partial charge on any atom is 0.259 e. The zero-order valence-electron chi connectivity index (χ0n) is 17.6. The van der Waals surface area contributed by atoms with Gasteiger partial charge in [-0.2, -0.15) is 5.10 Å². The van der Waals surface area contributed by atoms with Crippen molar-refractivity contribution in [2.45, 2.75) is 12.3 Å². The number of nitrogens with one attached hydrogen (secondary N) is 1. The lowest BCUT2D eigenvalue weighted by Crippen LogP contribution is -2.28. The van der Waals surface area contributed by atoms with Crippen LogP contribution < -0.4 is 5.32 Å². The van der Waals surface area contributed by atoms with E-state index in [0.717, 1.165) is 12.1 Å². The van der Waals surface area contributed by atoms with Gasteiger partial charge in [-0.05, 0) is 48.4 Å². The summed E-state index contributed by atoms with van der Waals surface area (Å²) in [6, 6.07) is 15.4. The first-order valence-corrected chi connectivity index (χ1v) is 10.6. The Morgan fingerprint density at radius 1 is 1.06 bits per heavy atom. The highest BCUT2D eigenvalue weighted by Gasteiger charge is 2.29. The number of hydrogen-bond acceptors (Lipinski definition) is 4. The Bertz CT molecular complexity index is 1280. The monoisotopic (exact) mass is 444 g/mol. The van der Waals surface area contributed by atoms with Crippen LogP contribution in [0.4, 0.5) is 10.1 Å². The van der Waals surface area contributed by atoms with Crippen LogP contribution in [0.3, 0.4) is 0 Å². The number of anilines is 1. The third-order valence-corrected chi connectivity index (χ3v) is 5.82. The van der Waals surface area contributed by atoms with E-state index >= 15 is 0 Å². The van der Waals surface area contributed by atoms with Gasteiger partial charge < -0.3 is 14.6 Å². The van der Waals surface area contributed by atoms with E-state index in [1.165, 1.54) is 18.6 Å². The maximum atomic E-state index is 14.1. The molecule has 4 aromatic rings. The number of halogens is 1. The first-order chi connectivity index (χ1) is 16.1. The Morgan fingerprint density at radius 2 is 1.88 bits per heavy atom. The largest absolute Gasteiger partial charge is 0.472 e. The molecule has 1 N–H and O–H groups in total. The summed E-state index contributed by atoms with van der Waals surface area (Å²) in [5, 5.41) is 7.03. The molecule has 166 valence electrons. The first-order valence-electron chi connectivity index (χ1n) is 10.6. The molecule has 2 aromatic carbocycles. The summed E-state index contributed by atoms with van der Waals surface area (Å²) in [5.74, 6) is -0.577. The zero-order chi connectivity index (χ0) is 22.8. The third kappa shape index (κ3) is 4.27.